The highest BCUT2D eigenvalue weighted by Gasteiger charge is 2.14. The molecular weight excluding hydrogens is 366 g/mol. The molecular formula is C19H17N3O4S. The van der Waals surface area contributed by atoms with E-state index < -0.39 is 10.0 Å². The van der Waals surface area contributed by atoms with Crippen LogP contribution in [0.4, 0.5) is 11.5 Å². The summed E-state index contributed by atoms with van der Waals surface area (Å²) in [5.74, 6) is 0.580. The molecule has 0 saturated heterocycles. The van der Waals surface area contributed by atoms with Gasteiger partial charge in [-0.15, -0.1) is 0 Å². The molecule has 3 aromatic rings. The highest BCUT2D eigenvalue weighted by Crippen LogP contribution is 2.28. The molecule has 0 fully saturated rings. The number of pyridine rings is 1. The van der Waals surface area contributed by atoms with Crippen molar-refractivity contribution in [2.24, 2.45) is 4.99 Å². The van der Waals surface area contributed by atoms with Crippen LogP contribution in [0.2, 0.25) is 0 Å². The van der Waals surface area contributed by atoms with Crippen LogP contribution in [-0.4, -0.2) is 31.8 Å². The minimum atomic E-state index is -3.73. The van der Waals surface area contributed by atoms with E-state index in [4.69, 9.17) is 4.74 Å². The van der Waals surface area contributed by atoms with Gasteiger partial charge in [0.15, 0.2) is 11.5 Å². The molecule has 2 aromatic carbocycles. The first-order valence-electron chi connectivity index (χ1n) is 7.93. The lowest BCUT2D eigenvalue weighted by Gasteiger charge is -2.07. The number of phenols is 1. The lowest BCUT2D eigenvalue weighted by atomic mass is 10.2. The standard InChI is InChI=1S/C19H17N3O4S/c1-26-17-6-4-5-14(19(17)23)13-21-15-8-10-16(11-9-15)27(24,25)22-18-7-2-3-12-20-18/h2-13,23H,1H3,(H,20,22). The summed E-state index contributed by atoms with van der Waals surface area (Å²) in [6, 6.07) is 16.1. The summed E-state index contributed by atoms with van der Waals surface area (Å²) >= 11 is 0. The van der Waals surface area contributed by atoms with Gasteiger partial charge in [-0.3, -0.25) is 9.71 Å². The largest absolute Gasteiger partial charge is 0.504 e. The van der Waals surface area contributed by atoms with E-state index in [0.717, 1.165) is 0 Å². The van der Waals surface area contributed by atoms with Crippen molar-refractivity contribution < 1.29 is 18.3 Å². The SMILES string of the molecule is COc1cccc(C=Nc2ccc(S(=O)(=O)Nc3ccccn3)cc2)c1O. The fourth-order valence-corrected chi connectivity index (χ4v) is 3.29. The number of aromatic hydroxyl groups is 1. The normalized spacial score (nSPS) is 11.4. The number of rotatable bonds is 6. The van der Waals surface area contributed by atoms with Crippen LogP contribution in [0, 0.1) is 0 Å². The van der Waals surface area contributed by atoms with Crippen molar-refractivity contribution in [3.05, 3.63) is 72.4 Å². The summed E-state index contributed by atoms with van der Waals surface area (Å²) in [7, 11) is -2.27. The summed E-state index contributed by atoms with van der Waals surface area (Å²) in [5, 5.41) is 10.0. The van der Waals surface area contributed by atoms with Crippen molar-refractivity contribution in [3.63, 3.8) is 0 Å². The summed E-state index contributed by atoms with van der Waals surface area (Å²) in [6.45, 7) is 0. The molecule has 0 amide bonds. The van der Waals surface area contributed by atoms with E-state index in [2.05, 4.69) is 14.7 Å². The molecule has 8 heteroatoms. The zero-order valence-electron chi connectivity index (χ0n) is 14.4. The molecule has 0 spiro atoms. The van der Waals surface area contributed by atoms with E-state index in [1.165, 1.54) is 31.7 Å². The minimum absolute atomic E-state index is 0.0116. The van der Waals surface area contributed by atoms with Gasteiger partial charge in [-0.05, 0) is 48.5 Å². The van der Waals surface area contributed by atoms with Crippen LogP contribution in [0.5, 0.6) is 11.5 Å². The van der Waals surface area contributed by atoms with Gasteiger partial charge in [-0.25, -0.2) is 13.4 Å². The Bertz CT molecular complexity index is 1050. The second kappa shape index (κ2) is 7.88. The molecule has 3 rings (SSSR count). The maximum atomic E-state index is 12.4. The predicted octanol–water partition coefficient (Wildman–Crippen LogP) is 3.35. The molecule has 2 N–H and O–H groups in total. The van der Waals surface area contributed by atoms with Crippen LogP contribution in [0.1, 0.15) is 5.56 Å². The summed E-state index contributed by atoms with van der Waals surface area (Å²) < 4.78 is 32.2. The molecule has 138 valence electrons. The van der Waals surface area contributed by atoms with Gasteiger partial charge < -0.3 is 9.84 Å². The Hall–Kier alpha value is -3.39. The Morgan fingerprint density at radius 3 is 2.52 bits per heavy atom. The smallest absolute Gasteiger partial charge is 0.263 e. The predicted molar refractivity (Wildman–Crippen MR) is 103 cm³/mol. The Labute approximate surface area is 157 Å². The van der Waals surface area contributed by atoms with Crippen molar-refractivity contribution in [1.82, 2.24) is 4.98 Å². The van der Waals surface area contributed by atoms with Gasteiger partial charge in [-0.2, -0.15) is 0 Å². The highest BCUT2D eigenvalue weighted by atomic mass is 32.2. The van der Waals surface area contributed by atoms with Crippen LogP contribution in [0.25, 0.3) is 0 Å². The van der Waals surface area contributed by atoms with Crippen LogP contribution in [-0.2, 0) is 10.0 Å². The Morgan fingerprint density at radius 1 is 1.07 bits per heavy atom. The Kier molecular flexibility index (Phi) is 5.37. The van der Waals surface area contributed by atoms with Gasteiger partial charge in [0.25, 0.3) is 10.0 Å². The molecule has 0 aliphatic rings. The second-order valence-corrected chi connectivity index (χ2v) is 7.15. The van der Waals surface area contributed by atoms with E-state index in [9.17, 15) is 13.5 Å². The second-order valence-electron chi connectivity index (χ2n) is 5.47. The first-order chi connectivity index (χ1) is 13.0. The first-order valence-corrected chi connectivity index (χ1v) is 9.42. The maximum Gasteiger partial charge on any atom is 0.263 e. The van der Waals surface area contributed by atoms with Crippen molar-refractivity contribution in [2.75, 3.05) is 11.8 Å². The number of hydrogen-bond donors (Lipinski definition) is 2. The highest BCUT2D eigenvalue weighted by molar-refractivity contribution is 7.92. The Morgan fingerprint density at radius 2 is 1.85 bits per heavy atom. The molecule has 1 aromatic heterocycles. The van der Waals surface area contributed by atoms with Crippen LogP contribution in [0.3, 0.4) is 0 Å². The fourth-order valence-electron chi connectivity index (χ4n) is 2.28. The van der Waals surface area contributed by atoms with Gasteiger partial charge in [0.2, 0.25) is 0 Å². The molecule has 0 atom stereocenters. The summed E-state index contributed by atoms with van der Waals surface area (Å²) in [6.07, 6.45) is 2.98. The molecule has 0 saturated carbocycles. The van der Waals surface area contributed by atoms with E-state index in [1.807, 2.05) is 0 Å². The van der Waals surface area contributed by atoms with Crippen molar-refractivity contribution in [2.45, 2.75) is 4.90 Å². The number of hydrogen-bond acceptors (Lipinski definition) is 6. The van der Waals surface area contributed by atoms with Crippen LogP contribution >= 0.6 is 0 Å². The van der Waals surface area contributed by atoms with E-state index in [-0.39, 0.29) is 16.5 Å². The minimum Gasteiger partial charge on any atom is -0.504 e. The number of para-hydroxylation sites is 1. The Balaban J connectivity index is 1.77. The molecule has 0 unspecified atom stereocenters. The molecule has 0 aliphatic carbocycles. The van der Waals surface area contributed by atoms with Gasteiger partial charge in [0.05, 0.1) is 17.7 Å². The topological polar surface area (TPSA) is 101 Å². The number of ether oxygens (including phenoxy) is 1. The number of nitrogens with zero attached hydrogens (tertiary/aromatic N) is 2. The number of nitrogens with one attached hydrogen (secondary N) is 1. The molecule has 0 radical (unpaired) electrons. The third-order valence-electron chi connectivity index (χ3n) is 3.65. The average molecular weight is 383 g/mol. The number of aromatic nitrogens is 1. The number of sulfonamides is 1. The number of anilines is 1. The van der Waals surface area contributed by atoms with Crippen LogP contribution < -0.4 is 9.46 Å². The lowest BCUT2D eigenvalue weighted by molar-refractivity contribution is 0.373. The third kappa shape index (κ3) is 4.42. The number of phenolic OH excluding ortho intramolecular Hbond substituents is 1. The quantitative estimate of drug-likeness (QED) is 0.636. The van der Waals surface area contributed by atoms with E-state index >= 15 is 0 Å². The van der Waals surface area contributed by atoms with E-state index in [0.29, 0.717) is 17.0 Å². The van der Waals surface area contributed by atoms with Crippen molar-refractivity contribution >= 4 is 27.7 Å². The molecule has 7 nitrogen and oxygen atoms in total. The zero-order valence-corrected chi connectivity index (χ0v) is 15.2. The average Bonchev–Trinajstić information content (AvgIpc) is 2.68. The van der Waals surface area contributed by atoms with Gasteiger partial charge >= 0.3 is 0 Å². The third-order valence-corrected chi connectivity index (χ3v) is 5.02. The molecule has 0 aliphatic heterocycles. The van der Waals surface area contributed by atoms with Crippen molar-refractivity contribution in [3.8, 4) is 11.5 Å². The number of benzene rings is 2. The molecule has 0 bridgehead atoms. The van der Waals surface area contributed by atoms with Crippen LogP contribution in [0.15, 0.2) is 76.7 Å². The van der Waals surface area contributed by atoms with Gasteiger partial charge in [0, 0.05) is 18.0 Å². The monoisotopic (exact) mass is 383 g/mol. The first kappa shape index (κ1) is 18.4. The summed E-state index contributed by atoms with van der Waals surface area (Å²) in [4.78, 5) is 8.29. The summed E-state index contributed by atoms with van der Waals surface area (Å²) in [5.41, 5.74) is 1.02. The lowest BCUT2D eigenvalue weighted by Crippen LogP contribution is -2.13. The molecule has 1 heterocycles. The zero-order chi connectivity index (χ0) is 19.3. The van der Waals surface area contributed by atoms with Crippen molar-refractivity contribution in [1.29, 1.82) is 0 Å². The number of aliphatic imine (C=N–C) groups is 1. The number of methoxy groups -OCH3 is 1. The molecule has 27 heavy (non-hydrogen) atoms. The fraction of sp³-hybridized carbons (Fsp3) is 0.0526. The van der Waals surface area contributed by atoms with Gasteiger partial charge in [-0.1, -0.05) is 12.1 Å². The van der Waals surface area contributed by atoms with Gasteiger partial charge in [0.1, 0.15) is 5.82 Å². The van der Waals surface area contributed by atoms with E-state index in [1.54, 1.807) is 48.5 Å². The maximum absolute atomic E-state index is 12.4.